The van der Waals surface area contributed by atoms with E-state index < -0.39 is 70.5 Å². The lowest BCUT2D eigenvalue weighted by atomic mass is 9.86. The SMILES string of the molecule is CC(C)(C)c1cc(NC(=O)CCCCN=C(N)N)c(SCCN=C(N)N)c(NC(=O)c2cc(C(=O)Nc3cc(C(C)(C)C)cc(NC(=O)CCCCN=C(N)N)c3SCCN=C(N)N)ncn2)c1.N=C(N)CCCCCC(=O)Cc1cc(C(F)(F)F)cc(CC(=O)c2cc(C(=O)Cc3cc(C(F)(F)F)cc(CC(=O)CCCCCC(=N)N)c3SCCN)ncn2)c1SCCN. The Labute approximate surface area is 768 Å². The molecule has 0 saturated carbocycles. The van der Waals surface area contributed by atoms with Crippen molar-refractivity contribution in [2.24, 2.45) is 88.8 Å². The molecule has 2 aromatic heterocycles. The maximum atomic E-state index is 14.2. The maximum Gasteiger partial charge on any atom is 0.416 e. The summed E-state index contributed by atoms with van der Waals surface area (Å²) >= 11 is 4.85. The second kappa shape index (κ2) is 53.6. The number of nitrogens with zero attached hydrogens (tertiary/aromatic N) is 8. The molecule has 4 amide bonds. The number of anilines is 4. The number of hydrogen-bond donors (Lipinski definition) is 18. The normalized spacial score (nSPS) is 11.4. The first-order valence-electron chi connectivity index (χ1n) is 41.8. The topological polar surface area (TPSA) is 646 Å². The maximum absolute atomic E-state index is 14.2. The number of thioether (sulfide) groups is 4. The predicted molar refractivity (Wildman–Crippen MR) is 505 cm³/mol. The number of aliphatic imine (C=N–C) groups is 4. The number of carbonyl (C=O) groups is 8. The Balaban J connectivity index is 0.000000462. The van der Waals surface area contributed by atoms with Crippen LogP contribution in [0.2, 0.25) is 0 Å². The number of nitrogens with one attached hydrogen (secondary N) is 6. The lowest BCUT2D eigenvalue weighted by molar-refractivity contribution is -0.138. The van der Waals surface area contributed by atoms with E-state index in [4.69, 9.17) is 79.6 Å². The van der Waals surface area contributed by atoms with Crippen molar-refractivity contribution in [3.05, 3.63) is 141 Å². The predicted octanol–water partition coefficient (Wildman–Crippen LogP) is 10.5. The van der Waals surface area contributed by atoms with Crippen LogP contribution in [0.1, 0.15) is 231 Å². The molecule has 0 fully saturated rings. The Bertz CT molecular complexity index is 4760. The van der Waals surface area contributed by atoms with E-state index in [0.29, 0.717) is 134 Å². The molecule has 0 spiro atoms. The molecule has 0 aliphatic heterocycles. The zero-order valence-corrected chi connectivity index (χ0v) is 77.1. The molecule has 708 valence electrons. The quantitative estimate of drug-likeness (QED) is 0.00421. The molecule has 34 nitrogen and oxygen atoms in total. The molecule has 4 aromatic carbocycles. The van der Waals surface area contributed by atoms with Crippen LogP contribution in [0.5, 0.6) is 0 Å². The molecular formula is C86H120F6N26O8S4. The van der Waals surface area contributed by atoms with Gasteiger partial charge < -0.3 is 90.1 Å². The molecule has 0 saturated heterocycles. The second-order valence-electron chi connectivity index (χ2n) is 32.0. The molecule has 0 unspecified atom stereocenters. The van der Waals surface area contributed by atoms with Gasteiger partial charge in [0.2, 0.25) is 11.8 Å². The van der Waals surface area contributed by atoms with Crippen molar-refractivity contribution in [2.75, 3.05) is 83.5 Å². The highest BCUT2D eigenvalue weighted by Crippen LogP contribution is 2.44. The number of benzene rings is 4. The van der Waals surface area contributed by atoms with Crippen molar-refractivity contribution >= 4 is 152 Å². The van der Waals surface area contributed by atoms with E-state index in [1.165, 1.54) is 29.6 Å². The number of unbranched alkanes of at least 4 members (excludes halogenated alkanes) is 6. The molecule has 6 aromatic rings. The fraction of sp³-hybridized carbons (Fsp3) is 0.465. The highest BCUT2D eigenvalue weighted by atomic mass is 32.2. The minimum absolute atomic E-state index is 0.0152. The van der Waals surface area contributed by atoms with Crippen LogP contribution in [-0.4, -0.2) is 164 Å². The van der Waals surface area contributed by atoms with Crippen LogP contribution in [0.3, 0.4) is 0 Å². The summed E-state index contributed by atoms with van der Waals surface area (Å²) in [5.41, 5.74) is 65.7. The van der Waals surface area contributed by atoms with Crippen molar-refractivity contribution in [3.8, 4) is 0 Å². The number of hydrogen-bond acceptors (Lipinski definition) is 24. The number of guanidine groups is 4. The first kappa shape index (κ1) is 109. The summed E-state index contributed by atoms with van der Waals surface area (Å²) in [5, 5.41) is 26.6. The zero-order chi connectivity index (χ0) is 96.6. The fourth-order valence-corrected chi connectivity index (χ4v) is 16.3. The van der Waals surface area contributed by atoms with Gasteiger partial charge in [-0.25, -0.2) is 19.9 Å². The van der Waals surface area contributed by atoms with Gasteiger partial charge in [0.1, 0.15) is 47.0 Å². The molecule has 0 bridgehead atoms. The van der Waals surface area contributed by atoms with Crippen molar-refractivity contribution in [1.82, 2.24) is 19.9 Å². The van der Waals surface area contributed by atoms with Crippen LogP contribution in [-0.2, 0) is 68.0 Å². The van der Waals surface area contributed by atoms with E-state index in [1.54, 1.807) is 0 Å². The average molecular weight is 1890 g/mol. The Hall–Kier alpha value is -11.5. The van der Waals surface area contributed by atoms with Crippen LogP contribution >= 0.6 is 47.0 Å². The Kier molecular flexibility index (Phi) is 45.0. The van der Waals surface area contributed by atoms with Gasteiger partial charge in [-0.2, -0.15) is 26.3 Å². The standard InChI is InChI=1S/C44H68N18O4S2.C42H52F6N8O4S2/c1-43(2,3)25-19-27(59-33(63)11-7-9-13-53-39(45)46)35(67-17-15-55-41(49)50)29(21-25)61-37(65)31-23-32(58-24-57-31)38(66)62-30-22-26(44(4,5)6)20-28(36(30)68-18-16-56-42(51)52)60-34(64)12-8-10-14-54-40(47)48;43-41(44,45)29-15-25(19-31(57)7-3-1-5-9-37(51)52)39(61-13-11-49)27(17-29)21-35(59)33-23-34(56-24-55-33)36(60)22-28-18-30(42(46,47)48)16-26(40(28)62-14-12-50)20-32(58)8-4-2-6-10-38(53)54/h19-24H,7-18H2,1-6H3,(H,59,63)(H,60,64)(H,61,65)(H,62,66)(H4,45,46,53)(H4,47,48,54)(H4,49,50,55)(H4,51,52,56);15-18,23-24H,1-14,19-22,49-50H2,(H3,51,52)(H3,53,54). The third-order valence-electron chi connectivity index (χ3n) is 19.0. The number of ketones is 4. The third-order valence-corrected chi connectivity index (χ3v) is 23.7. The Morgan fingerprint density at radius 1 is 0.346 bits per heavy atom. The van der Waals surface area contributed by atoms with Crippen LogP contribution in [0.15, 0.2) is 113 Å². The molecule has 0 aliphatic carbocycles. The van der Waals surface area contributed by atoms with E-state index in [2.05, 4.69) is 61.2 Å². The lowest BCUT2D eigenvalue weighted by Crippen LogP contribution is -2.23. The Morgan fingerprint density at radius 3 is 0.954 bits per heavy atom. The number of nitrogens with two attached hydrogens (primary N) is 12. The van der Waals surface area contributed by atoms with Gasteiger partial charge in [-0.3, -0.25) is 69.1 Å². The number of Topliss-reactive ketones (excluding diaryl/α,β-unsaturated/α-hetero) is 4. The summed E-state index contributed by atoms with van der Waals surface area (Å²) in [6.07, 6.45) is -2.76. The number of amides is 4. The van der Waals surface area contributed by atoms with Gasteiger partial charge in [-0.1, -0.05) is 54.4 Å². The van der Waals surface area contributed by atoms with Crippen LogP contribution in [0.4, 0.5) is 49.1 Å². The Morgan fingerprint density at radius 2 is 0.638 bits per heavy atom. The number of halogens is 6. The molecule has 130 heavy (non-hydrogen) atoms. The molecule has 6 rings (SSSR count). The minimum atomic E-state index is -4.83. The highest BCUT2D eigenvalue weighted by Gasteiger charge is 2.36. The smallest absolute Gasteiger partial charge is 0.388 e. The van der Waals surface area contributed by atoms with E-state index in [9.17, 15) is 64.7 Å². The largest absolute Gasteiger partial charge is 0.416 e. The van der Waals surface area contributed by atoms with Crippen molar-refractivity contribution in [3.63, 3.8) is 0 Å². The van der Waals surface area contributed by atoms with Crippen molar-refractivity contribution < 1.29 is 64.7 Å². The zero-order valence-electron chi connectivity index (χ0n) is 73.8. The molecule has 44 heteroatoms. The fourth-order valence-electron chi connectivity index (χ4n) is 12.5. The number of aromatic nitrogens is 4. The molecule has 30 N–H and O–H groups in total. The third kappa shape index (κ3) is 39.5. The minimum Gasteiger partial charge on any atom is -0.388 e. The summed E-state index contributed by atoms with van der Waals surface area (Å²) in [7, 11) is 0. The summed E-state index contributed by atoms with van der Waals surface area (Å²) < 4.78 is 85.2. The number of alkyl halides is 6. The molecule has 2 heterocycles. The van der Waals surface area contributed by atoms with Gasteiger partial charge >= 0.3 is 12.4 Å². The monoisotopic (exact) mass is 1890 g/mol. The summed E-state index contributed by atoms with van der Waals surface area (Å²) in [6.45, 7) is 13.6. The molecular weight excluding hydrogens is 1770 g/mol. The van der Waals surface area contributed by atoms with E-state index in [1.807, 2.05) is 65.8 Å². The van der Waals surface area contributed by atoms with E-state index in [0.717, 1.165) is 77.6 Å². The first-order valence-corrected chi connectivity index (χ1v) is 45.7. The summed E-state index contributed by atoms with van der Waals surface area (Å²) in [6, 6.07) is 13.1. The second-order valence-corrected chi connectivity index (χ2v) is 36.5. The number of rotatable bonds is 52. The van der Waals surface area contributed by atoms with E-state index in [-0.39, 0.29) is 190 Å². The van der Waals surface area contributed by atoms with Crippen LogP contribution in [0.25, 0.3) is 0 Å². The van der Waals surface area contributed by atoms with Gasteiger partial charge in [0, 0.05) is 129 Å². The van der Waals surface area contributed by atoms with Crippen molar-refractivity contribution in [2.45, 2.75) is 213 Å². The van der Waals surface area contributed by atoms with Crippen molar-refractivity contribution in [1.29, 1.82) is 10.8 Å². The highest BCUT2D eigenvalue weighted by molar-refractivity contribution is 8.00. The lowest BCUT2D eigenvalue weighted by Gasteiger charge is -2.24. The van der Waals surface area contributed by atoms with Crippen LogP contribution in [0, 0.1) is 10.8 Å². The first-order chi connectivity index (χ1) is 61.2. The number of amidine groups is 2. The average Bonchev–Trinajstić information content (AvgIpc) is 1.44. The summed E-state index contributed by atoms with van der Waals surface area (Å²) in [4.78, 5) is 142. The van der Waals surface area contributed by atoms with Crippen LogP contribution < -0.4 is 90.1 Å². The molecule has 0 aliphatic rings. The van der Waals surface area contributed by atoms with Gasteiger partial charge in [0.15, 0.2) is 35.4 Å². The number of carbonyl (C=O) groups excluding carboxylic acids is 8. The molecule has 0 radical (unpaired) electrons. The van der Waals surface area contributed by atoms with Gasteiger partial charge in [0.25, 0.3) is 11.8 Å². The van der Waals surface area contributed by atoms with Gasteiger partial charge in [-0.05, 0) is 150 Å². The van der Waals surface area contributed by atoms with E-state index >= 15 is 0 Å². The summed E-state index contributed by atoms with van der Waals surface area (Å²) in [5.74, 6) is -2.87. The van der Waals surface area contributed by atoms with Gasteiger partial charge in [0.05, 0.1) is 68.4 Å². The van der Waals surface area contributed by atoms with Gasteiger partial charge in [-0.15, -0.1) is 47.0 Å². The molecule has 0 atom stereocenters.